The number of nitrogens with one attached hydrogen (secondary N) is 2. The lowest BCUT2D eigenvalue weighted by molar-refractivity contribution is 0.722. The predicted molar refractivity (Wildman–Crippen MR) is 94.8 cm³/mol. The molecule has 0 fully saturated rings. The lowest BCUT2D eigenvalue weighted by atomic mass is 10.1. The predicted octanol–water partition coefficient (Wildman–Crippen LogP) is 4.61. The van der Waals surface area contributed by atoms with E-state index in [0.717, 1.165) is 12.1 Å². The van der Waals surface area contributed by atoms with Crippen molar-refractivity contribution in [2.24, 2.45) is 0 Å². The van der Waals surface area contributed by atoms with Gasteiger partial charge in [0.25, 0.3) is 0 Å². The number of hydrogen-bond donors (Lipinski definition) is 2. The summed E-state index contributed by atoms with van der Waals surface area (Å²) < 4.78 is 0. The number of hydrogen-bond acceptors (Lipinski definition) is 1. The lowest BCUT2D eigenvalue weighted by Gasteiger charge is -2.18. The normalized spacial score (nSPS) is 11.8. The molecule has 3 heteroatoms. The van der Waals surface area contributed by atoms with Crippen LogP contribution in [0.4, 0.5) is 5.69 Å². The van der Waals surface area contributed by atoms with Gasteiger partial charge in [0.1, 0.15) is 0 Å². The van der Waals surface area contributed by atoms with Gasteiger partial charge in [-0.25, -0.2) is 0 Å². The molecule has 2 N–H and O–H groups in total. The van der Waals surface area contributed by atoms with E-state index < -0.39 is 0 Å². The maximum atomic E-state index is 5.38. The lowest BCUT2D eigenvalue weighted by Crippen LogP contribution is -2.30. The van der Waals surface area contributed by atoms with Gasteiger partial charge in [-0.3, -0.25) is 0 Å². The van der Waals surface area contributed by atoms with Gasteiger partial charge in [-0.05, 0) is 61.3 Å². The Balaban J connectivity index is 1.95. The molecule has 2 nitrogen and oxygen atoms in total. The molecular weight excluding hydrogens is 276 g/mol. The fourth-order valence-corrected chi connectivity index (χ4v) is 2.51. The van der Waals surface area contributed by atoms with Gasteiger partial charge in [-0.2, -0.15) is 0 Å². The van der Waals surface area contributed by atoms with Crippen molar-refractivity contribution in [1.29, 1.82) is 0 Å². The first-order valence-electron chi connectivity index (χ1n) is 7.31. The van der Waals surface area contributed by atoms with E-state index in [4.69, 9.17) is 12.2 Å². The van der Waals surface area contributed by atoms with E-state index in [2.05, 4.69) is 67.8 Å². The number of aryl methyl sites for hydroxylation is 2. The van der Waals surface area contributed by atoms with E-state index in [9.17, 15) is 0 Å². The van der Waals surface area contributed by atoms with Crippen LogP contribution in [0.3, 0.4) is 0 Å². The smallest absolute Gasteiger partial charge is 0.171 e. The summed E-state index contributed by atoms with van der Waals surface area (Å²) in [5.74, 6) is 0. The van der Waals surface area contributed by atoms with Crippen LogP contribution < -0.4 is 10.6 Å². The van der Waals surface area contributed by atoms with Crippen LogP contribution in [0.1, 0.15) is 36.6 Å². The topological polar surface area (TPSA) is 24.1 Å². The van der Waals surface area contributed by atoms with Crippen LogP contribution in [0.2, 0.25) is 0 Å². The average Bonchev–Trinajstić information content (AvgIpc) is 2.47. The third-order valence-electron chi connectivity index (χ3n) is 3.51. The summed E-state index contributed by atoms with van der Waals surface area (Å²) in [7, 11) is 0. The van der Waals surface area contributed by atoms with E-state index in [1.807, 2.05) is 12.1 Å². The minimum Gasteiger partial charge on any atom is -0.356 e. The van der Waals surface area contributed by atoms with Gasteiger partial charge in [0, 0.05) is 5.69 Å². The quantitative estimate of drug-likeness (QED) is 0.806. The molecule has 0 saturated carbocycles. The zero-order chi connectivity index (χ0) is 15.2. The number of anilines is 1. The van der Waals surface area contributed by atoms with Gasteiger partial charge in [0.15, 0.2) is 5.11 Å². The molecule has 0 aliphatic heterocycles. The molecule has 2 aromatic carbocycles. The van der Waals surface area contributed by atoms with Crippen LogP contribution in [0.25, 0.3) is 0 Å². The average molecular weight is 298 g/mol. The molecule has 0 aromatic heterocycles. The Kier molecular flexibility index (Phi) is 5.34. The fraction of sp³-hybridized carbons (Fsp3) is 0.278. The SMILES string of the molecule is CCc1ccc([C@H](C)NC(=S)Nc2cccc(C)c2)cc1. The Morgan fingerprint density at radius 3 is 2.48 bits per heavy atom. The van der Waals surface area contributed by atoms with Gasteiger partial charge >= 0.3 is 0 Å². The molecule has 0 aliphatic rings. The van der Waals surface area contributed by atoms with Crippen molar-refractivity contribution in [2.45, 2.75) is 33.2 Å². The Bertz CT molecular complexity index is 605. The summed E-state index contributed by atoms with van der Waals surface area (Å²) in [6.07, 6.45) is 1.06. The molecular formula is C18H22N2S. The molecule has 2 rings (SSSR count). The first-order valence-corrected chi connectivity index (χ1v) is 7.72. The Labute approximate surface area is 132 Å². The summed E-state index contributed by atoms with van der Waals surface area (Å²) in [5, 5.41) is 7.19. The summed E-state index contributed by atoms with van der Waals surface area (Å²) in [5.41, 5.74) is 4.82. The molecule has 0 radical (unpaired) electrons. The van der Waals surface area contributed by atoms with Crippen molar-refractivity contribution in [2.75, 3.05) is 5.32 Å². The number of benzene rings is 2. The third kappa shape index (κ3) is 4.57. The molecule has 0 aliphatic carbocycles. The van der Waals surface area contributed by atoms with Crippen molar-refractivity contribution >= 4 is 23.0 Å². The van der Waals surface area contributed by atoms with Gasteiger partial charge in [-0.1, -0.05) is 43.3 Å². The van der Waals surface area contributed by atoms with Crippen LogP contribution >= 0.6 is 12.2 Å². The van der Waals surface area contributed by atoms with Gasteiger partial charge in [0.05, 0.1) is 6.04 Å². The summed E-state index contributed by atoms with van der Waals surface area (Å²) in [4.78, 5) is 0. The van der Waals surface area contributed by atoms with Crippen molar-refractivity contribution in [3.05, 3.63) is 65.2 Å². The van der Waals surface area contributed by atoms with Crippen LogP contribution in [-0.4, -0.2) is 5.11 Å². The monoisotopic (exact) mass is 298 g/mol. The third-order valence-corrected chi connectivity index (χ3v) is 3.73. The second-order valence-corrected chi connectivity index (χ2v) is 5.69. The van der Waals surface area contributed by atoms with E-state index in [1.54, 1.807) is 0 Å². The minimum atomic E-state index is 0.181. The fourth-order valence-electron chi connectivity index (χ4n) is 2.21. The highest BCUT2D eigenvalue weighted by atomic mass is 32.1. The molecule has 0 bridgehead atoms. The molecule has 110 valence electrons. The number of thiocarbonyl (C=S) groups is 1. The highest BCUT2D eigenvalue weighted by Crippen LogP contribution is 2.15. The zero-order valence-electron chi connectivity index (χ0n) is 12.8. The molecule has 1 atom stereocenters. The van der Waals surface area contributed by atoms with Gasteiger partial charge < -0.3 is 10.6 Å². The summed E-state index contributed by atoms with van der Waals surface area (Å²) in [6.45, 7) is 6.35. The van der Waals surface area contributed by atoms with Crippen LogP contribution in [0.5, 0.6) is 0 Å². The molecule has 0 amide bonds. The second kappa shape index (κ2) is 7.23. The molecule has 2 aromatic rings. The Morgan fingerprint density at radius 1 is 1.14 bits per heavy atom. The Hall–Kier alpha value is -1.87. The van der Waals surface area contributed by atoms with E-state index in [-0.39, 0.29) is 6.04 Å². The van der Waals surface area contributed by atoms with Crippen LogP contribution in [0, 0.1) is 6.92 Å². The summed E-state index contributed by atoms with van der Waals surface area (Å²) in [6, 6.07) is 17.0. The molecule has 0 unspecified atom stereocenters. The molecule has 0 heterocycles. The standard InChI is InChI=1S/C18H22N2S/c1-4-15-8-10-16(11-9-15)14(3)19-18(21)20-17-7-5-6-13(2)12-17/h5-12,14H,4H2,1-3H3,(H2,19,20,21)/t14-/m0/s1. The highest BCUT2D eigenvalue weighted by Gasteiger charge is 2.07. The van der Waals surface area contributed by atoms with Gasteiger partial charge in [0.2, 0.25) is 0 Å². The highest BCUT2D eigenvalue weighted by molar-refractivity contribution is 7.80. The summed E-state index contributed by atoms with van der Waals surface area (Å²) >= 11 is 5.38. The molecule has 21 heavy (non-hydrogen) atoms. The largest absolute Gasteiger partial charge is 0.356 e. The Morgan fingerprint density at radius 2 is 1.86 bits per heavy atom. The van der Waals surface area contributed by atoms with Crippen molar-refractivity contribution < 1.29 is 0 Å². The van der Waals surface area contributed by atoms with Crippen LogP contribution in [-0.2, 0) is 6.42 Å². The van der Waals surface area contributed by atoms with Crippen molar-refractivity contribution in [1.82, 2.24) is 5.32 Å². The first kappa shape index (κ1) is 15.5. The van der Waals surface area contributed by atoms with E-state index >= 15 is 0 Å². The number of rotatable bonds is 4. The molecule has 0 saturated heterocycles. The first-order chi connectivity index (χ1) is 10.1. The second-order valence-electron chi connectivity index (χ2n) is 5.28. The van der Waals surface area contributed by atoms with E-state index in [1.165, 1.54) is 16.7 Å². The van der Waals surface area contributed by atoms with Crippen molar-refractivity contribution in [3.63, 3.8) is 0 Å². The van der Waals surface area contributed by atoms with E-state index in [0.29, 0.717) is 5.11 Å². The van der Waals surface area contributed by atoms with Gasteiger partial charge in [-0.15, -0.1) is 0 Å². The molecule has 0 spiro atoms. The van der Waals surface area contributed by atoms with Crippen LogP contribution in [0.15, 0.2) is 48.5 Å². The minimum absolute atomic E-state index is 0.181. The zero-order valence-corrected chi connectivity index (χ0v) is 13.6. The maximum absolute atomic E-state index is 5.38. The maximum Gasteiger partial charge on any atom is 0.171 e. The van der Waals surface area contributed by atoms with Crippen molar-refractivity contribution in [3.8, 4) is 0 Å².